The van der Waals surface area contributed by atoms with E-state index in [1.165, 1.54) is 5.56 Å². The third-order valence-electron chi connectivity index (χ3n) is 7.49. The number of para-hydroxylation sites is 1. The van der Waals surface area contributed by atoms with Gasteiger partial charge >= 0.3 is 6.03 Å². The summed E-state index contributed by atoms with van der Waals surface area (Å²) in [5.74, 6) is 0.877. The second-order valence-electron chi connectivity index (χ2n) is 9.51. The van der Waals surface area contributed by atoms with Crippen molar-refractivity contribution in [3.8, 4) is 0 Å². The van der Waals surface area contributed by atoms with Crippen LogP contribution in [0.15, 0.2) is 36.7 Å². The Morgan fingerprint density at radius 2 is 1.81 bits per heavy atom. The van der Waals surface area contributed by atoms with Gasteiger partial charge in [0, 0.05) is 50.9 Å². The number of hydrogen-bond acceptors (Lipinski definition) is 5. The van der Waals surface area contributed by atoms with E-state index in [0.29, 0.717) is 11.2 Å². The highest BCUT2D eigenvalue weighted by molar-refractivity contribution is 6.29. The molecule has 3 aliphatic heterocycles. The smallest absolute Gasteiger partial charge is 0.323 e. The first-order valence-electron chi connectivity index (χ1n) is 11.5. The third-order valence-corrected chi connectivity index (χ3v) is 7.68. The molecule has 3 aliphatic rings. The first-order chi connectivity index (χ1) is 15.5. The summed E-state index contributed by atoms with van der Waals surface area (Å²) in [5.41, 5.74) is 2.52. The number of fused-ring (bicyclic) bond motifs is 2. The van der Waals surface area contributed by atoms with Crippen LogP contribution in [-0.4, -0.2) is 78.7 Å². The Balaban J connectivity index is 1.23. The monoisotopic (exact) mass is 454 g/mol. The third kappa shape index (κ3) is 3.82. The first-order valence-corrected chi connectivity index (χ1v) is 11.9. The van der Waals surface area contributed by atoms with Crippen LogP contribution in [0.4, 0.5) is 16.3 Å². The van der Waals surface area contributed by atoms with Gasteiger partial charge in [0.2, 0.25) is 0 Å². The van der Waals surface area contributed by atoms with Gasteiger partial charge in [-0.25, -0.2) is 9.78 Å². The largest absolute Gasteiger partial charge is 0.355 e. The van der Waals surface area contributed by atoms with Crippen molar-refractivity contribution in [2.24, 2.45) is 0 Å². The molecule has 8 heteroatoms. The Labute approximate surface area is 195 Å². The molecule has 7 nitrogen and oxygen atoms in total. The van der Waals surface area contributed by atoms with Crippen LogP contribution in [0.2, 0.25) is 5.15 Å². The SMILES string of the molecule is CN(C)C(=O)N1CC2(CCN(C3CCN(c4cncc(Cl)n4)CC3)CC2)c2ccccc21. The predicted molar refractivity (Wildman–Crippen MR) is 128 cm³/mol. The molecule has 0 atom stereocenters. The minimum atomic E-state index is 0.0771. The second kappa shape index (κ2) is 8.52. The summed E-state index contributed by atoms with van der Waals surface area (Å²) in [7, 11) is 3.67. The minimum absolute atomic E-state index is 0.0771. The van der Waals surface area contributed by atoms with E-state index in [0.717, 1.165) is 69.9 Å². The fraction of sp³-hybridized carbons (Fsp3) is 0.542. The van der Waals surface area contributed by atoms with Crippen molar-refractivity contribution in [2.75, 3.05) is 56.6 Å². The lowest BCUT2D eigenvalue weighted by Crippen LogP contribution is -2.52. The van der Waals surface area contributed by atoms with Gasteiger partial charge in [0.1, 0.15) is 11.0 Å². The molecule has 0 radical (unpaired) electrons. The van der Waals surface area contributed by atoms with E-state index in [-0.39, 0.29) is 11.4 Å². The van der Waals surface area contributed by atoms with Gasteiger partial charge in [-0.2, -0.15) is 0 Å². The van der Waals surface area contributed by atoms with E-state index in [1.807, 2.05) is 25.1 Å². The van der Waals surface area contributed by atoms with Gasteiger partial charge in [0.05, 0.1) is 12.4 Å². The Hall–Kier alpha value is -2.38. The average Bonchev–Trinajstić information content (AvgIpc) is 3.13. The Morgan fingerprint density at radius 1 is 1.09 bits per heavy atom. The van der Waals surface area contributed by atoms with Crippen LogP contribution in [-0.2, 0) is 5.41 Å². The van der Waals surface area contributed by atoms with E-state index < -0.39 is 0 Å². The molecule has 4 heterocycles. The zero-order chi connectivity index (χ0) is 22.3. The van der Waals surface area contributed by atoms with Gasteiger partial charge < -0.3 is 14.7 Å². The number of halogens is 1. The molecule has 0 N–H and O–H groups in total. The predicted octanol–water partition coefficient (Wildman–Crippen LogP) is 3.63. The van der Waals surface area contributed by atoms with Gasteiger partial charge in [-0.1, -0.05) is 29.8 Å². The summed E-state index contributed by atoms with van der Waals surface area (Å²) in [4.78, 5) is 30.1. The molecule has 1 aromatic heterocycles. The number of aromatic nitrogens is 2. The fourth-order valence-corrected chi connectivity index (χ4v) is 5.88. The molecule has 2 saturated heterocycles. The standard InChI is InChI=1S/C24H31ClN6O/c1-28(2)23(32)31-17-24(19-5-3-4-6-20(19)31)9-13-29(14-10-24)18-7-11-30(12-8-18)22-16-26-15-21(25)27-22/h3-6,15-16,18H,7-14,17H2,1-2H3. The van der Waals surface area contributed by atoms with Crippen LogP contribution in [0.25, 0.3) is 0 Å². The zero-order valence-electron chi connectivity index (χ0n) is 18.9. The highest BCUT2D eigenvalue weighted by Crippen LogP contribution is 2.47. The Kier molecular flexibility index (Phi) is 5.72. The summed E-state index contributed by atoms with van der Waals surface area (Å²) in [6.07, 6.45) is 7.83. The van der Waals surface area contributed by atoms with Crippen molar-refractivity contribution in [2.45, 2.75) is 37.1 Å². The van der Waals surface area contributed by atoms with Crippen LogP contribution in [0.5, 0.6) is 0 Å². The van der Waals surface area contributed by atoms with Crippen molar-refractivity contribution in [1.29, 1.82) is 0 Å². The molecule has 2 amide bonds. The number of hydrogen-bond donors (Lipinski definition) is 0. The Morgan fingerprint density at radius 3 is 2.50 bits per heavy atom. The fourth-order valence-electron chi connectivity index (χ4n) is 5.73. The topological polar surface area (TPSA) is 55.8 Å². The number of urea groups is 1. The molecule has 0 aliphatic carbocycles. The number of amides is 2. The highest BCUT2D eigenvalue weighted by atomic mass is 35.5. The summed E-state index contributed by atoms with van der Waals surface area (Å²) in [6.45, 7) is 4.92. The number of carbonyl (C=O) groups excluding carboxylic acids is 1. The van der Waals surface area contributed by atoms with Gasteiger partial charge in [-0.3, -0.25) is 9.88 Å². The molecular formula is C24H31ClN6O. The molecule has 2 fully saturated rings. The number of benzene rings is 1. The van der Waals surface area contributed by atoms with Crippen molar-refractivity contribution in [3.05, 3.63) is 47.4 Å². The van der Waals surface area contributed by atoms with E-state index in [4.69, 9.17) is 11.6 Å². The zero-order valence-corrected chi connectivity index (χ0v) is 19.6. The van der Waals surface area contributed by atoms with E-state index >= 15 is 0 Å². The summed E-state index contributed by atoms with van der Waals surface area (Å²) in [6, 6.07) is 9.18. The molecule has 2 aromatic rings. The molecule has 1 spiro atoms. The number of carbonyl (C=O) groups is 1. The van der Waals surface area contributed by atoms with Crippen molar-refractivity contribution < 1.29 is 4.79 Å². The number of likely N-dealkylation sites (tertiary alicyclic amines) is 1. The second-order valence-corrected chi connectivity index (χ2v) is 9.90. The summed E-state index contributed by atoms with van der Waals surface area (Å²) >= 11 is 6.02. The van der Waals surface area contributed by atoms with E-state index in [9.17, 15) is 4.79 Å². The highest BCUT2D eigenvalue weighted by Gasteiger charge is 2.47. The summed E-state index contributed by atoms with van der Waals surface area (Å²) in [5, 5.41) is 0.449. The van der Waals surface area contributed by atoms with Crippen molar-refractivity contribution >= 4 is 29.1 Å². The average molecular weight is 455 g/mol. The Bertz CT molecular complexity index is 982. The molecule has 0 bridgehead atoms. The van der Waals surface area contributed by atoms with Gasteiger partial charge in [0.15, 0.2) is 0 Å². The van der Waals surface area contributed by atoms with Gasteiger partial charge in [0.25, 0.3) is 0 Å². The lowest BCUT2D eigenvalue weighted by Gasteiger charge is -2.45. The molecule has 0 saturated carbocycles. The summed E-state index contributed by atoms with van der Waals surface area (Å²) < 4.78 is 0. The van der Waals surface area contributed by atoms with Crippen LogP contribution in [0.1, 0.15) is 31.2 Å². The number of nitrogens with zero attached hydrogens (tertiary/aromatic N) is 6. The lowest BCUT2D eigenvalue weighted by molar-refractivity contribution is 0.104. The van der Waals surface area contributed by atoms with E-state index in [2.05, 4.69) is 38.0 Å². The molecule has 1 aromatic carbocycles. The maximum atomic E-state index is 12.8. The maximum absolute atomic E-state index is 12.8. The maximum Gasteiger partial charge on any atom is 0.323 e. The van der Waals surface area contributed by atoms with Gasteiger partial charge in [-0.05, 0) is 50.4 Å². The molecule has 170 valence electrons. The van der Waals surface area contributed by atoms with Crippen LogP contribution >= 0.6 is 11.6 Å². The van der Waals surface area contributed by atoms with Crippen LogP contribution < -0.4 is 9.80 Å². The van der Waals surface area contributed by atoms with Gasteiger partial charge in [-0.15, -0.1) is 0 Å². The van der Waals surface area contributed by atoms with Crippen molar-refractivity contribution in [3.63, 3.8) is 0 Å². The quantitative estimate of drug-likeness (QED) is 0.693. The minimum Gasteiger partial charge on any atom is -0.355 e. The van der Waals surface area contributed by atoms with Crippen LogP contribution in [0.3, 0.4) is 0 Å². The molecule has 32 heavy (non-hydrogen) atoms. The number of piperidine rings is 2. The normalized spacial score (nSPS) is 21.1. The lowest BCUT2D eigenvalue weighted by atomic mass is 9.74. The van der Waals surface area contributed by atoms with E-state index in [1.54, 1.807) is 17.3 Å². The molecule has 5 rings (SSSR count). The number of rotatable bonds is 2. The number of anilines is 2. The molecular weight excluding hydrogens is 424 g/mol. The van der Waals surface area contributed by atoms with Crippen molar-refractivity contribution in [1.82, 2.24) is 19.8 Å². The van der Waals surface area contributed by atoms with Crippen LogP contribution in [0, 0.1) is 0 Å². The molecule has 0 unspecified atom stereocenters. The first kappa shape index (κ1) is 21.5.